The van der Waals surface area contributed by atoms with E-state index in [1.807, 2.05) is 12.1 Å². The van der Waals surface area contributed by atoms with Crippen molar-refractivity contribution < 1.29 is 19.3 Å². The minimum Gasteiger partial charge on any atom is -0.493 e. The number of likely N-dealkylation sites (tertiary alicyclic amines) is 1. The monoisotopic (exact) mass is 307 g/mol. The van der Waals surface area contributed by atoms with Gasteiger partial charge in [0.2, 0.25) is 12.5 Å². The average molecular weight is 307 g/mol. The second kappa shape index (κ2) is 6.34. The van der Waals surface area contributed by atoms with Crippen LogP contribution in [0.25, 0.3) is 0 Å². The largest absolute Gasteiger partial charge is 0.493 e. The van der Waals surface area contributed by atoms with E-state index in [4.69, 9.17) is 14.2 Å². The molecule has 0 aromatic heterocycles. The number of aliphatic hydroxyl groups excluding tert-OH is 1. The maximum atomic E-state index is 9.75. The lowest BCUT2D eigenvalue weighted by Gasteiger charge is -2.41. The van der Waals surface area contributed by atoms with E-state index in [1.54, 1.807) is 7.11 Å². The average Bonchev–Trinajstić information content (AvgIpc) is 3.02. The molecule has 1 N–H and O–H groups in total. The lowest BCUT2D eigenvalue weighted by atomic mass is 9.78. The Morgan fingerprint density at radius 1 is 1.36 bits per heavy atom. The van der Waals surface area contributed by atoms with Crippen molar-refractivity contribution in [2.75, 3.05) is 33.6 Å². The van der Waals surface area contributed by atoms with Crippen molar-refractivity contribution in [1.82, 2.24) is 4.90 Å². The van der Waals surface area contributed by atoms with Crippen molar-refractivity contribution in [2.45, 2.75) is 32.7 Å². The Labute approximate surface area is 131 Å². The molecule has 3 rings (SSSR count). The molecule has 1 aromatic carbocycles. The fraction of sp³-hybridized carbons (Fsp3) is 0.647. The summed E-state index contributed by atoms with van der Waals surface area (Å²) in [6.07, 6.45) is 3.27. The van der Waals surface area contributed by atoms with Gasteiger partial charge >= 0.3 is 0 Å². The van der Waals surface area contributed by atoms with Crippen LogP contribution in [0.3, 0.4) is 0 Å². The van der Waals surface area contributed by atoms with Crippen LogP contribution in [0.4, 0.5) is 0 Å². The highest BCUT2D eigenvalue weighted by Crippen LogP contribution is 2.42. The highest BCUT2D eigenvalue weighted by molar-refractivity contribution is 5.55. The Balaban J connectivity index is 1.76. The SMILES string of the molecule is CCC1(CO)CCCN(Cc2cc(OC)c3c(c2)OCO3)C1. The lowest BCUT2D eigenvalue weighted by molar-refractivity contribution is 0.0258. The highest BCUT2D eigenvalue weighted by atomic mass is 16.7. The van der Waals surface area contributed by atoms with Crippen LogP contribution < -0.4 is 14.2 Å². The van der Waals surface area contributed by atoms with Gasteiger partial charge in [0.1, 0.15) is 0 Å². The third-order valence-electron chi connectivity index (χ3n) is 4.95. The predicted octanol–water partition coefficient (Wildman–Crippen LogP) is 2.41. The Hall–Kier alpha value is -1.46. The molecule has 122 valence electrons. The highest BCUT2D eigenvalue weighted by Gasteiger charge is 2.33. The number of fused-ring (bicyclic) bond motifs is 1. The van der Waals surface area contributed by atoms with Crippen LogP contribution >= 0.6 is 0 Å². The van der Waals surface area contributed by atoms with E-state index in [0.717, 1.165) is 56.0 Å². The standard InChI is InChI=1S/C17H25NO4/c1-3-17(11-19)5-4-6-18(10-17)9-13-7-14(20-2)16-15(8-13)21-12-22-16/h7-8,19H,3-6,9-12H2,1-2H3. The molecular formula is C17H25NO4. The van der Waals surface area contributed by atoms with Gasteiger partial charge in [-0.25, -0.2) is 0 Å². The molecule has 5 heteroatoms. The third kappa shape index (κ3) is 2.88. The molecule has 1 unspecified atom stereocenters. The zero-order valence-corrected chi connectivity index (χ0v) is 13.4. The first-order valence-electron chi connectivity index (χ1n) is 7.99. The summed E-state index contributed by atoms with van der Waals surface area (Å²) in [4.78, 5) is 2.42. The second-order valence-corrected chi connectivity index (χ2v) is 6.36. The van der Waals surface area contributed by atoms with Crippen molar-refractivity contribution in [2.24, 2.45) is 5.41 Å². The van der Waals surface area contributed by atoms with Crippen LogP contribution in [0.1, 0.15) is 31.7 Å². The molecule has 2 aliphatic rings. The van der Waals surface area contributed by atoms with Crippen molar-refractivity contribution in [3.63, 3.8) is 0 Å². The van der Waals surface area contributed by atoms with Crippen LogP contribution in [0, 0.1) is 5.41 Å². The molecule has 0 saturated carbocycles. The molecule has 5 nitrogen and oxygen atoms in total. The molecule has 0 amide bonds. The minimum absolute atomic E-state index is 0.0542. The maximum absolute atomic E-state index is 9.75. The number of hydrogen-bond acceptors (Lipinski definition) is 5. The summed E-state index contributed by atoms with van der Waals surface area (Å²) in [5, 5.41) is 9.75. The van der Waals surface area contributed by atoms with Gasteiger partial charge in [-0.05, 0) is 43.5 Å². The van der Waals surface area contributed by atoms with E-state index in [2.05, 4.69) is 11.8 Å². The van der Waals surface area contributed by atoms with Gasteiger partial charge in [-0.1, -0.05) is 6.92 Å². The summed E-state index contributed by atoms with van der Waals surface area (Å²) >= 11 is 0. The molecule has 22 heavy (non-hydrogen) atoms. The van der Waals surface area contributed by atoms with Crippen LogP contribution in [0.15, 0.2) is 12.1 Å². The quantitative estimate of drug-likeness (QED) is 0.905. The molecule has 0 radical (unpaired) electrons. The van der Waals surface area contributed by atoms with Gasteiger partial charge in [0.15, 0.2) is 11.5 Å². The van der Waals surface area contributed by atoms with E-state index in [-0.39, 0.29) is 18.8 Å². The zero-order chi connectivity index (χ0) is 15.6. The van der Waals surface area contributed by atoms with E-state index in [1.165, 1.54) is 0 Å². The van der Waals surface area contributed by atoms with Crippen molar-refractivity contribution in [3.05, 3.63) is 17.7 Å². The number of hydrogen-bond donors (Lipinski definition) is 1. The van der Waals surface area contributed by atoms with Crippen molar-refractivity contribution in [1.29, 1.82) is 0 Å². The summed E-state index contributed by atoms with van der Waals surface area (Å²) < 4.78 is 16.3. The summed E-state index contributed by atoms with van der Waals surface area (Å²) in [7, 11) is 1.65. The van der Waals surface area contributed by atoms with Gasteiger partial charge in [0.05, 0.1) is 7.11 Å². The summed E-state index contributed by atoms with van der Waals surface area (Å²) in [6.45, 7) is 5.54. The van der Waals surface area contributed by atoms with Crippen LogP contribution in [-0.4, -0.2) is 43.6 Å². The molecule has 1 aromatic rings. The molecule has 1 atom stereocenters. The fourth-order valence-electron chi connectivity index (χ4n) is 3.51. The number of benzene rings is 1. The van der Waals surface area contributed by atoms with E-state index in [9.17, 15) is 5.11 Å². The first kappa shape index (κ1) is 15.4. The molecule has 2 aliphatic heterocycles. The predicted molar refractivity (Wildman–Crippen MR) is 83.4 cm³/mol. The molecule has 0 spiro atoms. The van der Waals surface area contributed by atoms with Crippen molar-refractivity contribution in [3.8, 4) is 17.2 Å². The zero-order valence-electron chi connectivity index (χ0n) is 13.4. The smallest absolute Gasteiger partial charge is 0.231 e. The van der Waals surface area contributed by atoms with E-state index in [0.29, 0.717) is 5.75 Å². The second-order valence-electron chi connectivity index (χ2n) is 6.36. The summed E-state index contributed by atoms with van der Waals surface area (Å²) in [6, 6.07) is 4.06. The van der Waals surface area contributed by atoms with Crippen LogP contribution in [-0.2, 0) is 6.54 Å². The Morgan fingerprint density at radius 2 is 2.23 bits per heavy atom. The fourth-order valence-corrected chi connectivity index (χ4v) is 3.51. The molecular weight excluding hydrogens is 282 g/mol. The summed E-state index contributed by atoms with van der Waals surface area (Å²) in [5.74, 6) is 2.18. The number of rotatable bonds is 5. The van der Waals surface area contributed by atoms with Crippen molar-refractivity contribution >= 4 is 0 Å². The molecule has 2 heterocycles. The lowest BCUT2D eigenvalue weighted by Crippen LogP contribution is -2.44. The third-order valence-corrected chi connectivity index (χ3v) is 4.95. The van der Waals surface area contributed by atoms with Crippen LogP contribution in [0.5, 0.6) is 17.2 Å². The van der Waals surface area contributed by atoms with Crippen LogP contribution in [0.2, 0.25) is 0 Å². The molecule has 1 saturated heterocycles. The first-order chi connectivity index (χ1) is 10.7. The summed E-state index contributed by atoms with van der Waals surface area (Å²) in [5.41, 5.74) is 1.21. The molecule has 0 aliphatic carbocycles. The molecule has 1 fully saturated rings. The normalized spacial score (nSPS) is 24.5. The number of methoxy groups -OCH3 is 1. The van der Waals surface area contributed by atoms with E-state index >= 15 is 0 Å². The van der Waals surface area contributed by atoms with Gasteiger partial charge in [-0.3, -0.25) is 4.90 Å². The number of aliphatic hydroxyl groups is 1. The first-order valence-corrected chi connectivity index (χ1v) is 7.99. The maximum Gasteiger partial charge on any atom is 0.231 e. The number of ether oxygens (including phenoxy) is 3. The Kier molecular flexibility index (Phi) is 4.45. The van der Waals surface area contributed by atoms with Gasteiger partial charge in [-0.2, -0.15) is 0 Å². The van der Waals surface area contributed by atoms with E-state index < -0.39 is 0 Å². The van der Waals surface area contributed by atoms with Gasteiger partial charge in [0.25, 0.3) is 0 Å². The Bertz CT molecular complexity index is 528. The Morgan fingerprint density at radius 3 is 2.95 bits per heavy atom. The van der Waals surface area contributed by atoms with Gasteiger partial charge < -0.3 is 19.3 Å². The topological polar surface area (TPSA) is 51.2 Å². The van der Waals surface area contributed by atoms with Gasteiger partial charge in [-0.15, -0.1) is 0 Å². The number of piperidine rings is 1. The van der Waals surface area contributed by atoms with Gasteiger partial charge in [0, 0.05) is 25.1 Å². The number of nitrogens with zero attached hydrogens (tertiary/aromatic N) is 1. The molecule has 0 bridgehead atoms. The minimum atomic E-state index is 0.0542.